The predicted octanol–water partition coefficient (Wildman–Crippen LogP) is 23.9. The van der Waals surface area contributed by atoms with E-state index in [1.807, 2.05) is 36.4 Å². The van der Waals surface area contributed by atoms with Gasteiger partial charge < -0.3 is 0 Å². The van der Waals surface area contributed by atoms with Crippen LogP contribution in [0.5, 0.6) is 34.5 Å². The van der Waals surface area contributed by atoms with E-state index < -0.39 is 41.7 Å². The fourth-order valence-electron chi connectivity index (χ4n) is 19.6. The Hall–Kier alpha value is -10.1. The Morgan fingerprint density at radius 3 is 0.754 bits per heavy atom. The molecule has 0 saturated carbocycles. The van der Waals surface area contributed by atoms with Crippen molar-refractivity contribution in [3.63, 3.8) is 0 Å². The maximum atomic E-state index is 9.17. The number of benzene rings is 8. The van der Waals surface area contributed by atoms with E-state index in [2.05, 4.69) is 190 Å². The molecule has 12 heterocycles. The number of rotatable bonds is 36. The monoisotopic (exact) mass is 1980 g/mol. The fraction of sp³-hybridized carbons (Fsp3) is 0.404. The first kappa shape index (κ1) is 87.8. The molecule has 20 rings (SSSR count). The van der Waals surface area contributed by atoms with Crippen molar-refractivity contribution in [3.8, 4) is 34.5 Å². The predicted molar refractivity (Wildman–Crippen MR) is 530 cm³/mol. The molecule has 6 atom stereocenters. The fourth-order valence-corrected chi connectivity index (χ4v) is 34.9. The van der Waals surface area contributed by atoms with Crippen molar-refractivity contribution in [1.29, 1.82) is 0 Å². The van der Waals surface area contributed by atoms with Gasteiger partial charge in [-0.05, 0) is 0 Å². The molecule has 0 aliphatic carbocycles. The molecule has 8 aliphatic rings. The zero-order valence-corrected chi connectivity index (χ0v) is 84.8. The van der Waals surface area contributed by atoms with Crippen LogP contribution in [0.3, 0.4) is 0 Å². The van der Waals surface area contributed by atoms with E-state index in [9.17, 15) is 8.58 Å². The van der Waals surface area contributed by atoms with Gasteiger partial charge >= 0.3 is 762 Å². The van der Waals surface area contributed by atoms with Gasteiger partial charge in [0.15, 0.2) is 0 Å². The van der Waals surface area contributed by atoms with Gasteiger partial charge in [-0.15, -0.1) is 0 Å². The molecule has 0 amide bonds. The first-order valence-corrected chi connectivity index (χ1v) is 62.4. The Balaban J connectivity index is 0.907. The number of ether oxygens (including phenoxy) is 6. The molecule has 4 aromatic heterocycles. The van der Waals surface area contributed by atoms with Gasteiger partial charge in [0.1, 0.15) is 0 Å². The van der Waals surface area contributed by atoms with Crippen molar-refractivity contribution in [3.05, 3.63) is 200 Å². The topological polar surface area (TPSA) is 223 Å². The first-order chi connectivity index (χ1) is 63.7. The molecular formula is C104H112Cl2In2N16O6. The number of halogens is 2. The first-order valence-electron chi connectivity index (χ1n) is 48.2. The molecule has 6 unspecified atom stereocenters. The Morgan fingerprint density at radius 2 is 0.469 bits per heavy atom. The van der Waals surface area contributed by atoms with Gasteiger partial charge in [0.25, 0.3) is 0 Å². The molecule has 0 radical (unpaired) electrons. The zero-order chi connectivity index (χ0) is 89.3. The van der Waals surface area contributed by atoms with Crippen molar-refractivity contribution < 1.29 is 28.4 Å². The Labute approximate surface area is 782 Å². The number of aliphatic imine (C=N–C) groups is 8. The number of hydrogen-bond acceptors (Lipinski definition) is 18. The maximum absolute atomic E-state index is 9.17. The molecule has 8 aliphatic heterocycles. The van der Waals surface area contributed by atoms with Gasteiger partial charge in [0, 0.05) is 0 Å². The third kappa shape index (κ3) is 15.8. The second-order valence-electron chi connectivity index (χ2n) is 35.7. The van der Waals surface area contributed by atoms with Crippen LogP contribution in [0.15, 0.2) is 193 Å². The van der Waals surface area contributed by atoms with Gasteiger partial charge in [-0.2, -0.15) is 0 Å². The van der Waals surface area contributed by atoms with E-state index in [1.165, 1.54) is 0 Å². The van der Waals surface area contributed by atoms with E-state index in [0.717, 1.165) is 252 Å². The normalized spacial score (nSPS) is 16.0. The summed E-state index contributed by atoms with van der Waals surface area (Å²) < 4.78 is 53.0. The van der Waals surface area contributed by atoms with Crippen LogP contribution >= 0.6 is 17.2 Å². The minimum atomic E-state index is -4.73. The number of nitrogens with zero attached hydrogens (tertiary/aromatic N) is 16. The number of hydrogen-bond donors (Lipinski definition) is 0. The Kier molecular flexibility index (Phi) is 25.3. The van der Waals surface area contributed by atoms with Crippen molar-refractivity contribution >= 4 is 183 Å². The van der Waals surface area contributed by atoms with Crippen molar-refractivity contribution in [1.82, 2.24) is 10.2 Å². The van der Waals surface area contributed by atoms with Gasteiger partial charge in [0.05, 0.1) is 0 Å². The van der Waals surface area contributed by atoms with E-state index >= 15 is 0 Å². The van der Waals surface area contributed by atoms with Gasteiger partial charge in [0.2, 0.25) is 0 Å². The van der Waals surface area contributed by atoms with Crippen LogP contribution in [0.1, 0.15) is 282 Å². The van der Waals surface area contributed by atoms with Crippen LogP contribution < -0.4 is 50.4 Å². The summed E-state index contributed by atoms with van der Waals surface area (Å²) in [4.78, 5) is 69.1. The average molecular weight is 1980 g/mol. The molecule has 0 saturated heterocycles. The summed E-state index contributed by atoms with van der Waals surface area (Å²) in [5.74, 6) is 10.1. The van der Waals surface area contributed by atoms with E-state index in [0.29, 0.717) is 126 Å². The van der Waals surface area contributed by atoms with Crippen LogP contribution in [0.25, 0.3) is 53.9 Å². The number of amidine groups is 8. The third-order valence-electron chi connectivity index (χ3n) is 27.0. The summed E-state index contributed by atoms with van der Waals surface area (Å²) in [6.45, 7) is 26.6. The summed E-state index contributed by atoms with van der Waals surface area (Å²) in [5, 5.41) is 8.35. The molecule has 130 heavy (non-hydrogen) atoms. The molecule has 8 aromatic carbocycles. The molecule has 26 heteroatoms. The molecule has 22 nitrogen and oxygen atoms in total. The van der Waals surface area contributed by atoms with E-state index in [4.69, 9.17) is 96.9 Å². The summed E-state index contributed by atoms with van der Waals surface area (Å²) in [7, 11) is 17.6. The molecule has 0 N–H and O–H groups in total. The van der Waals surface area contributed by atoms with Crippen LogP contribution in [-0.4, -0.2) is 135 Å². The number of unbranched alkanes of at least 4 members (excludes halogenated alkanes) is 6. The van der Waals surface area contributed by atoms with Crippen molar-refractivity contribution in [2.45, 2.75) is 274 Å². The summed E-state index contributed by atoms with van der Waals surface area (Å²) in [5.41, 5.74) is 8.72. The summed E-state index contributed by atoms with van der Waals surface area (Å²) in [6, 6.07) is 46.5. The standard InChI is InChI=1S/C104H112N16O6.2ClH.2In/c1-13-25-37-61(19-7)121-83-53-77-79(55-85(83)123-63(21-9)39-27-15-3)101-116-99(77)114-97-75-51-59-49-73-74(96-111-94-72-48-36-34-46-70(72)92(109-94)107-90-68-44-32-31-43-67(68)89(105-90)106-91-69-45-33-35-47-71(69)93(108-91)110-95(73)112-96)50-60(59)52-76(75)98(113-97)115-100-78-54-84(122-62(20-8)38-26-14-2)86(124-64(22-10)40-28-16-4)56-80(78)102(117-100)119-104-82-58-88(126-66(24-12)42-30-18-6)87(57-81(82)103(118-101)120-104)125-65(23-11)41-29-17-5;;;;/h31-36,43-58,61-66H,13-30,37-42H2,1-12H3;2*1H;;/q-4;;;2*+3/p-2. The average Bonchev–Trinajstić information content (AvgIpc) is 1.54. The van der Waals surface area contributed by atoms with Gasteiger partial charge in [-0.3, -0.25) is 0 Å². The molecule has 0 spiro atoms. The SMILES string of the molecule is CCCCC(CC)Oc1cc2c(cc1OC(CC)CCCC)C1=Nc3c4cc(OC(CC)CCCC)c(OC(CC)CCCC)cc4c4[n]3[In]([Cl])[n]3c(c5cc6cc7c(cc6cc5c3=NC3=NC(=N4)c4cc(OC(CC)CCCC)c(OC(CC)CCCC)cc43)C3=Nc4c5ccccc5c5[n]4[In]([Cl])[n]4c(c6ccccc6c4=NC7=N3)=NC3=NC(=N5)c4ccccc43)=NC2=N1. The van der Waals surface area contributed by atoms with E-state index in [-0.39, 0.29) is 36.6 Å². The second-order valence-corrected chi connectivity index (χ2v) is 50.4. The Morgan fingerprint density at radius 1 is 0.238 bits per heavy atom. The second kappa shape index (κ2) is 37.5. The Bertz CT molecular complexity index is 7080. The third-order valence-corrected chi connectivity index (χ3v) is 42.7. The minimum absolute atomic E-state index is 0.0873. The molecule has 12 bridgehead atoms. The molecular weight excluding hydrogens is 1870 g/mol. The van der Waals surface area contributed by atoms with Gasteiger partial charge in [-0.25, -0.2) is 0 Å². The molecule has 12 aromatic rings. The van der Waals surface area contributed by atoms with Crippen molar-refractivity contribution in [2.24, 2.45) is 59.9 Å². The summed E-state index contributed by atoms with van der Waals surface area (Å²) in [6.07, 6.45) is 21.7. The zero-order valence-electron chi connectivity index (χ0n) is 76.7. The molecule has 664 valence electrons. The van der Waals surface area contributed by atoms with Crippen molar-refractivity contribution in [2.75, 3.05) is 0 Å². The summed E-state index contributed by atoms with van der Waals surface area (Å²) >= 11 is -8.90. The number of fused-ring (bicyclic) bond motifs is 29. The van der Waals surface area contributed by atoms with Crippen LogP contribution in [0.2, 0.25) is 0 Å². The quantitative estimate of drug-likeness (QED) is 0.0371. The molecule has 0 fully saturated rings. The number of aromatic nitrogens is 4. The van der Waals surface area contributed by atoms with Crippen LogP contribution in [-0.2, 0) is 0 Å². The van der Waals surface area contributed by atoms with Gasteiger partial charge in [-0.1, -0.05) is 27.7 Å². The van der Waals surface area contributed by atoms with E-state index in [1.54, 1.807) is 0 Å². The van der Waals surface area contributed by atoms with Crippen LogP contribution in [0, 0.1) is 0 Å². The van der Waals surface area contributed by atoms with Crippen LogP contribution in [0.4, 0.5) is 23.3 Å².